The number of nitrogens with zero attached hydrogens (tertiary/aromatic N) is 6. The van der Waals surface area contributed by atoms with Gasteiger partial charge in [0.15, 0.2) is 16.6 Å². The molecule has 16 heteroatoms. The molecule has 12 nitrogen and oxygen atoms in total. The average Bonchev–Trinajstić information content (AvgIpc) is 3.38. The standard InChI is InChI=1S/C12H14ClN3.C8H10ClN5O.C4H11N3.C3H5Cl.CH3.Cs/c1-7-5-12(2,3)11-8(7)6-14-10-4-9(13)15-16(10)11;1-5(10)13-14-8-7(9)2-6(3-11-8)12-4-15;1-4(5-2)7-6-3;1-3(2)4;;/h4,6-7H,5H2,1-3H3;2-4H,1H3,(H2,10,13)(H,11,14)(H,12,15);6H,1-3H3,(H,5,7);1H2,2H3;1H3;/q;;;;-1;+1. The third-order valence-corrected chi connectivity index (χ3v) is 5.99. The van der Waals surface area contributed by atoms with Crippen LogP contribution in [0.1, 0.15) is 65.1 Å². The number of pyridine rings is 1. The summed E-state index contributed by atoms with van der Waals surface area (Å²) in [6, 6.07) is 3.35. The molecule has 3 aromatic heterocycles. The van der Waals surface area contributed by atoms with Gasteiger partial charge in [-0.05, 0) is 44.7 Å². The number of amidine groups is 2. The van der Waals surface area contributed by atoms with Crippen molar-refractivity contribution in [3.63, 3.8) is 0 Å². The van der Waals surface area contributed by atoms with E-state index in [0.29, 0.717) is 44.9 Å². The SMILES string of the molecule is C/C(N)=N/Nc1ncc(NC=O)cc1Cl.C=C(C)Cl.CC1CC(C)(C)c2c1cnc1cc(Cl)nn21.CN=C(C)NNC.[CH3-].[Cs+]. The van der Waals surface area contributed by atoms with E-state index in [1.807, 2.05) is 17.6 Å². The van der Waals surface area contributed by atoms with Gasteiger partial charge in [-0.2, -0.15) is 10.2 Å². The molecule has 6 N–H and O–H groups in total. The molecule has 1 aliphatic rings. The van der Waals surface area contributed by atoms with Crippen LogP contribution in [0, 0.1) is 7.43 Å². The zero-order chi connectivity index (χ0) is 32.0. The molecule has 3 aromatic rings. The fraction of sp³-hybridized carbons (Fsp3) is 0.393. The number of aromatic nitrogens is 4. The maximum atomic E-state index is 10.1. The normalized spacial score (nSPS) is 14.4. The molecule has 3 heterocycles. The largest absolute Gasteiger partial charge is 1.00 e. The summed E-state index contributed by atoms with van der Waals surface area (Å²) in [7, 11) is 3.54. The van der Waals surface area contributed by atoms with E-state index in [1.165, 1.54) is 17.5 Å². The summed E-state index contributed by atoms with van der Waals surface area (Å²) in [5.41, 5.74) is 17.5. The Morgan fingerprint density at radius 2 is 1.82 bits per heavy atom. The number of aliphatic imine (C=N–C) groups is 1. The van der Waals surface area contributed by atoms with E-state index in [2.05, 4.69) is 74.1 Å². The van der Waals surface area contributed by atoms with E-state index in [4.69, 9.17) is 40.5 Å². The quantitative estimate of drug-likeness (QED) is 0.0868. The number of hydrazone groups is 1. The number of amides is 1. The molecule has 0 saturated heterocycles. The second-order valence-corrected chi connectivity index (χ2v) is 11.3. The number of nitrogens with one attached hydrogen (secondary N) is 4. The Bertz CT molecular complexity index is 1400. The van der Waals surface area contributed by atoms with Crippen LogP contribution >= 0.6 is 34.8 Å². The Kier molecular flexibility index (Phi) is 22.5. The first-order valence-electron chi connectivity index (χ1n) is 12.8. The molecule has 0 radical (unpaired) electrons. The van der Waals surface area contributed by atoms with Crippen molar-refractivity contribution < 1.29 is 73.7 Å². The van der Waals surface area contributed by atoms with Crippen molar-refractivity contribution in [1.29, 1.82) is 0 Å². The van der Waals surface area contributed by atoms with Gasteiger partial charge in [-0.1, -0.05) is 62.2 Å². The first kappa shape index (κ1) is 44.7. The molecule has 1 unspecified atom stereocenters. The predicted molar refractivity (Wildman–Crippen MR) is 182 cm³/mol. The number of hydrazine groups is 1. The summed E-state index contributed by atoms with van der Waals surface area (Å²) < 4.78 is 1.90. The molecule has 1 amide bonds. The summed E-state index contributed by atoms with van der Waals surface area (Å²) in [4.78, 5) is 22.3. The smallest absolute Gasteiger partial charge is 0.386 e. The first-order valence-corrected chi connectivity index (χ1v) is 13.9. The van der Waals surface area contributed by atoms with Crippen LogP contribution in [0.4, 0.5) is 11.5 Å². The number of hydrogen-bond donors (Lipinski definition) is 5. The third kappa shape index (κ3) is 15.3. The number of carbonyl (C=O) groups is 1. The van der Waals surface area contributed by atoms with Gasteiger partial charge >= 0.3 is 68.9 Å². The minimum Gasteiger partial charge on any atom is -0.386 e. The first-order chi connectivity index (χ1) is 19.7. The van der Waals surface area contributed by atoms with Crippen LogP contribution in [0.25, 0.3) is 5.65 Å². The molecule has 4 rings (SSSR count). The Balaban J connectivity index is 0. The number of halogens is 3. The van der Waals surface area contributed by atoms with Gasteiger partial charge in [0.1, 0.15) is 11.7 Å². The van der Waals surface area contributed by atoms with Gasteiger partial charge in [-0.25, -0.2) is 19.9 Å². The molecule has 44 heavy (non-hydrogen) atoms. The van der Waals surface area contributed by atoms with Gasteiger partial charge in [0.05, 0.1) is 22.6 Å². The van der Waals surface area contributed by atoms with E-state index in [0.717, 1.165) is 17.9 Å². The van der Waals surface area contributed by atoms with E-state index >= 15 is 0 Å². The number of anilines is 2. The number of hydrogen-bond acceptors (Lipinski definition) is 8. The molecule has 1 atom stereocenters. The topological polar surface area (TPSA) is 159 Å². The van der Waals surface area contributed by atoms with Gasteiger partial charge in [0.25, 0.3) is 0 Å². The summed E-state index contributed by atoms with van der Waals surface area (Å²) in [6.45, 7) is 15.3. The molecule has 238 valence electrons. The van der Waals surface area contributed by atoms with E-state index in [-0.39, 0.29) is 81.7 Å². The zero-order valence-corrected chi connectivity index (χ0v) is 35.7. The second-order valence-electron chi connectivity index (χ2n) is 9.83. The Morgan fingerprint density at radius 1 is 1.20 bits per heavy atom. The molecule has 0 spiro atoms. The second kappa shape index (κ2) is 22.2. The monoisotopic (exact) mass is 787 g/mol. The van der Waals surface area contributed by atoms with Crippen LogP contribution in [-0.2, 0) is 10.2 Å². The van der Waals surface area contributed by atoms with Crippen molar-refractivity contribution in [2.24, 2.45) is 15.8 Å². The van der Waals surface area contributed by atoms with Crippen LogP contribution in [-0.4, -0.2) is 51.8 Å². The van der Waals surface area contributed by atoms with E-state index in [9.17, 15) is 4.79 Å². The number of allylic oxidation sites excluding steroid dienone is 1. The van der Waals surface area contributed by atoms with Gasteiger partial charge in [0.2, 0.25) is 6.41 Å². The van der Waals surface area contributed by atoms with Crippen LogP contribution in [0.15, 0.2) is 46.2 Å². The number of carbonyl (C=O) groups excluding carboxylic acids is 1. The van der Waals surface area contributed by atoms with Gasteiger partial charge in [-0.15, -0.1) is 0 Å². The van der Waals surface area contributed by atoms with Crippen molar-refractivity contribution >= 4 is 70.0 Å². The maximum absolute atomic E-state index is 10.1. The van der Waals surface area contributed by atoms with Crippen LogP contribution in [0.5, 0.6) is 0 Å². The van der Waals surface area contributed by atoms with E-state index in [1.54, 1.807) is 40.1 Å². The summed E-state index contributed by atoms with van der Waals surface area (Å²) in [6.07, 6.45) is 5.11. The van der Waals surface area contributed by atoms with Crippen LogP contribution in [0.2, 0.25) is 10.2 Å². The van der Waals surface area contributed by atoms with Crippen LogP contribution < -0.4 is 96.2 Å². The van der Waals surface area contributed by atoms with Crippen molar-refractivity contribution in [2.45, 2.75) is 59.3 Å². The van der Waals surface area contributed by atoms with Gasteiger partial charge in [-0.3, -0.25) is 15.2 Å². The Hall–Kier alpha value is -1.40. The third-order valence-electron chi connectivity index (χ3n) is 5.52. The zero-order valence-electron chi connectivity index (χ0n) is 27.2. The van der Waals surface area contributed by atoms with E-state index < -0.39 is 0 Å². The Morgan fingerprint density at radius 3 is 2.30 bits per heavy atom. The van der Waals surface area contributed by atoms with Crippen molar-refractivity contribution in [3.05, 3.63) is 65.0 Å². The molecule has 0 aliphatic heterocycles. The fourth-order valence-corrected chi connectivity index (χ4v) is 4.36. The van der Waals surface area contributed by atoms with Crippen molar-refractivity contribution in [1.82, 2.24) is 30.4 Å². The minimum atomic E-state index is 0. The summed E-state index contributed by atoms with van der Waals surface area (Å²) in [5, 5.41) is 12.0. The minimum absolute atomic E-state index is 0. The van der Waals surface area contributed by atoms with Gasteiger partial charge < -0.3 is 23.9 Å². The predicted octanol–water partition coefficient (Wildman–Crippen LogP) is 3.15. The molecule has 0 saturated carbocycles. The van der Waals surface area contributed by atoms with Gasteiger partial charge in [0, 0.05) is 36.8 Å². The number of rotatable bonds is 5. The number of nitrogens with two attached hydrogens (primary N) is 1. The maximum Gasteiger partial charge on any atom is 1.00 e. The molecule has 1 aliphatic carbocycles. The van der Waals surface area contributed by atoms with Crippen molar-refractivity contribution in [3.8, 4) is 0 Å². The summed E-state index contributed by atoms with van der Waals surface area (Å²) in [5.74, 6) is 2.17. The molecular formula is C28H43Cl3CsN11O. The van der Waals surface area contributed by atoms with Crippen LogP contribution in [0.3, 0.4) is 0 Å². The molecular weight excluding hydrogens is 746 g/mol. The molecule has 0 aromatic carbocycles. The Labute approximate surface area is 334 Å². The summed E-state index contributed by atoms with van der Waals surface area (Å²) >= 11 is 16.9. The molecule has 0 bridgehead atoms. The number of fused-ring (bicyclic) bond motifs is 3. The molecule has 0 fully saturated rings. The van der Waals surface area contributed by atoms with Crippen molar-refractivity contribution in [2.75, 3.05) is 24.8 Å². The fourth-order valence-electron chi connectivity index (χ4n) is 3.97. The average molecular weight is 789 g/mol.